The molecule has 4 heteroatoms. The molecule has 0 radical (unpaired) electrons. The molecule has 4 nitrogen and oxygen atoms in total. The number of aryl methyl sites for hydroxylation is 1. The maximum Gasteiger partial charge on any atom is 0.131 e. The minimum atomic E-state index is 0.725. The highest BCUT2D eigenvalue weighted by Gasteiger charge is 2.12. The zero-order valence-corrected chi connectivity index (χ0v) is 11.1. The van der Waals surface area contributed by atoms with Gasteiger partial charge in [-0.25, -0.2) is 4.98 Å². The maximum atomic E-state index is 6.18. The summed E-state index contributed by atoms with van der Waals surface area (Å²) in [6.45, 7) is 4.88. The SMILES string of the molecule is CCn1c(C)nc(-c2ccc3ncccc3c2)c1N. The van der Waals surface area contributed by atoms with Gasteiger partial charge in [0.1, 0.15) is 17.3 Å². The van der Waals surface area contributed by atoms with E-state index in [1.165, 1.54) is 0 Å². The fraction of sp³-hybridized carbons (Fsp3) is 0.200. The van der Waals surface area contributed by atoms with Crippen LogP contribution in [0.3, 0.4) is 0 Å². The number of imidazole rings is 1. The first kappa shape index (κ1) is 11.7. The largest absolute Gasteiger partial charge is 0.383 e. The molecule has 0 fully saturated rings. The van der Waals surface area contributed by atoms with E-state index in [1.807, 2.05) is 35.8 Å². The number of aromatic nitrogens is 3. The minimum Gasteiger partial charge on any atom is -0.383 e. The van der Waals surface area contributed by atoms with Crippen LogP contribution in [0.15, 0.2) is 36.5 Å². The van der Waals surface area contributed by atoms with Crippen LogP contribution in [0.4, 0.5) is 5.82 Å². The number of hydrogen-bond acceptors (Lipinski definition) is 3. The number of hydrogen-bond donors (Lipinski definition) is 1. The maximum absolute atomic E-state index is 6.18. The Morgan fingerprint density at radius 3 is 2.84 bits per heavy atom. The third-order valence-corrected chi connectivity index (χ3v) is 3.39. The fourth-order valence-electron chi connectivity index (χ4n) is 2.42. The summed E-state index contributed by atoms with van der Waals surface area (Å²) in [4.78, 5) is 8.90. The Bertz CT molecular complexity index is 743. The minimum absolute atomic E-state index is 0.725. The molecule has 0 aliphatic carbocycles. The molecule has 0 bridgehead atoms. The molecule has 3 rings (SSSR count). The van der Waals surface area contributed by atoms with E-state index in [9.17, 15) is 0 Å². The quantitative estimate of drug-likeness (QED) is 0.762. The van der Waals surface area contributed by atoms with Crippen molar-refractivity contribution in [3.8, 4) is 11.3 Å². The van der Waals surface area contributed by atoms with Crippen LogP contribution in [0.1, 0.15) is 12.7 Å². The van der Waals surface area contributed by atoms with Gasteiger partial charge in [0, 0.05) is 23.7 Å². The standard InChI is InChI=1S/C15H16N4/c1-3-19-10(2)18-14(15(19)16)12-6-7-13-11(9-12)5-4-8-17-13/h4-9H,3,16H2,1-2H3. The predicted molar refractivity (Wildman–Crippen MR) is 77.8 cm³/mol. The van der Waals surface area contributed by atoms with Gasteiger partial charge in [0.05, 0.1) is 5.52 Å². The van der Waals surface area contributed by atoms with E-state index in [4.69, 9.17) is 5.73 Å². The molecule has 0 unspecified atom stereocenters. The number of fused-ring (bicyclic) bond motifs is 1. The van der Waals surface area contributed by atoms with Crippen LogP contribution in [0.5, 0.6) is 0 Å². The van der Waals surface area contributed by atoms with E-state index in [0.29, 0.717) is 0 Å². The van der Waals surface area contributed by atoms with E-state index in [2.05, 4.69) is 23.0 Å². The van der Waals surface area contributed by atoms with E-state index in [0.717, 1.165) is 40.3 Å². The molecular weight excluding hydrogens is 236 g/mol. The normalized spacial score (nSPS) is 11.1. The Hall–Kier alpha value is -2.36. The van der Waals surface area contributed by atoms with Gasteiger partial charge in [-0.15, -0.1) is 0 Å². The summed E-state index contributed by atoms with van der Waals surface area (Å²) in [5, 5.41) is 1.10. The average Bonchev–Trinajstić information content (AvgIpc) is 2.73. The van der Waals surface area contributed by atoms with Crippen molar-refractivity contribution in [2.24, 2.45) is 0 Å². The van der Waals surface area contributed by atoms with Crippen LogP contribution in [0.25, 0.3) is 22.2 Å². The van der Waals surface area contributed by atoms with E-state index >= 15 is 0 Å². The molecule has 0 amide bonds. The van der Waals surface area contributed by atoms with Gasteiger partial charge in [0.2, 0.25) is 0 Å². The number of nitrogens with zero attached hydrogens (tertiary/aromatic N) is 3. The smallest absolute Gasteiger partial charge is 0.131 e. The van der Waals surface area contributed by atoms with Crippen LogP contribution in [0.2, 0.25) is 0 Å². The van der Waals surface area contributed by atoms with Crippen LogP contribution >= 0.6 is 0 Å². The van der Waals surface area contributed by atoms with Gasteiger partial charge in [0.15, 0.2) is 0 Å². The van der Waals surface area contributed by atoms with Crippen LogP contribution < -0.4 is 5.73 Å². The lowest BCUT2D eigenvalue weighted by Crippen LogP contribution is -2.02. The zero-order valence-electron chi connectivity index (χ0n) is 11.1. The highest BCUT2D eigenvalue weighted by molar-refractivity contribution is 5.85. The Morgan fingerprint density at radius 2 is 2.11 bits per heavy atom. The van der Waals surface area contributed by atoms with Crippen LogP contribution in [0, 0.1) is 6.92 Å². The summed E-state index contributed by atoms with van der Waals surface area (Å²) in [6, 6.07) is 10.1. The number of anilines is 1. The van der Waals surface area contributed by atoms with Gasteiger partial charge in [-0.3, -0.25) is 4.98 Å². The summed E-state index contributed by atoms with van der Waals surface area (Å²) in [7, 11) is 0. The number of rotatable bonds is 2. The van der Waals surface area contributed by atoms with Gasteiger partial charge < -0.3 is 10.3 Å². The molecule has 3 aromatic rings. The molecule has 96 valence electrons. The molecule has 1 aromatic carbocycles. The number of nitrogen functional groups attached to an aromatic ring is 1. The van der Waals surface area contributed by atoms with Crippen molar-refractivity contribution in [1.82, 2.24) is 14.5 Å². The van der Waals surface area contributed by atoms with Crippen LogP contribution in [-0.4, -0.2) is 14.5 Å². The third-order valence-electron chi connectivity index (χ3n) is 3.39. The Morgan fingerprint density at radius 1 is 1.26 bits per heavy atom. The van der Waals surface area contributed by atoms with Gasteiger partial charge in [0.25, 0.3) is 0 Å². The molecule has 0 saturated carbocycles. The van der Waals surface area contributed by atoms with Crippen molar-refractivity contribution in [1.29, 1.82) is 0 Å². The van der Waals surface area contributed by atoms with Crippen molar-refractivity contribution in [2.75, 3.05) is 5.73 Å². The molecular formula is C15H16N4. The molecule has 0 aliphatic rings. The van der Waals surface area contributed by atoms with Crippen LogP contribution in [-0.2, 0) is 6.54 Å². The third kappa shape index (κ3) is 1.85. The van der Waals surface area contributed by atoms with E-state index in [-0.39, 0.29) is 0 Å². The van der Waals surface area contributed by atoms with Gasteiger partial charge in [-0.1, -0.05) is 12.1 Å². The molecule has 19 heavy (non-hydrogen) atoms. The first-order valence-electron chi connectivity index (χ1n) is 6.38. The summed E-state index contributed by atoms with van der Waals surface area (Å²) >= 11 is 0. The Kier molecular flexibility index (Phi) is 2.71. The second-order valence-electron chi connectivity index (χ2n) is 4.55. The summed E-state index contributed by atoms with van der Waals surface area (Å²) in [5.41, 5.74) is 9.05. The molecule has 2 N–H and O–H groups in total. The number of benzene rings is 1. The Balaban J connectivity index is 2.19. The summed E-state index contributed by atoms with van der Waals surface area (Å²) in [6.07, 6.45) is 1.80. The van der Waals surface area contributed by atoms with Gasteiger partial charge in [-0.2, -0.15) is 0 Å². The lowest BCUT2D eigenvalue weighted by molar-refractivity contribution is 0.739. The van der Waals surface area contributed by atoms with Crippen molar-refractivity contribution in [3.05, 3.63) is 42.4 Å². The highest BCUT2D eigenvalue weighted by Crippen LogP contribution is 2.28. The molecule has 0 saturated heterocycles. The Labute approximate surface area is 111 Å². The van der Waals surface area contributed by atoms with Crippen molar-refractivity contribution in [2.45, 2.75) is 20.4 Å². The lowest BCUT2D eigenvalue weighted by Gasteiger charge is -2.04. The number of pyridine rings is 1. The van der Waals surface area contributed by atoms with Gasteiger partial charge in [-0.05, 0) is 32.0 Å². The predicted octanol–water partition coefficient (Wildman–Crippen LogP) is 3.01. The zero-order chi connectivity index (χ0) is 13.4. The lowest BCUT2D eigenvalue weighted by atomic mass is 10.1. The number of nitrogens with two attached hydrogens (primary N) is 1. The van der Waals surface area contributed by atoms with Crippen molar-refractivity contribution in [3.63, 3.8) is 0 Å². The summed E-state index contributed by atoms with van der Waals surface area (Å²) in [5.74, 6) is 1.67. The highest BCUT2D eigenvalue weighted by atomic mass is 15.1. The molecule has 0 aliphatic heterocycles. The average molecular weight is 252 g/mol. The second kappa shape index (κ2) is 4.39. The van der Waals surface area contributed by atoms with E-state index < -0.39 is 0 Å². The monoisotopic (exact) mass is 252 g/mol. The topological polar surface area (TPSA) is 56.7 Å². The first-order chi connectivity index (χ1) is 9.20. The van der Waals surface area contributed by atoms with Crippen molar-refractivity contribution >= 4 is 16.7 Å². The fourth-order valence-corrected chi connectivity index (χ4v) is 2.42. The molecule has 0 spiro atoms. The van der Waals surface area contributed by atoms with Crippen molar-refractivity contribution < 1.29 is 0 Å². The van der Waals surface area contributed by atoms with E-state index in [1.54, 1.807) is 6.20 Å². The molecule has 0 atom stereocenters. The second-order valence-corrected chi connectivity index (χ2v) is 4.55. The summed E-state index contributed by atoms with van der Waals surface area (Å²) < 4.78 is 2.02. The molecule has 2 aromatic heterocycles. The van der Waals surface area contributed by atoms with Gasteiger partial charge >= 0.3 is 0 Å². The molecule has 2 heterocycles. The first-order valence-corrected chi connectivity index (χ1v) is 6.38.